The van der Waals surface area contributed by atoms with Crippen molar-refractivity contribution in [1.82, 2.24) is 14.8 Å². The lowest BCUT2D eigenvalue weighted by molar-refractivity contribution is 0.0864. The third-order valence-corrected chi connectivity index (χ3v) is 3.64. The molecule has 2 aromatic rings. The molecule has 0 bridgehead atoms. The molecule has 18 heavy (non-hydrogen) atoms. The van der Waals surface area contributed by atoms with Crippen LogP contribution in [0.3, 0.4) is 0 Å². The summed E-state index contributed by atoms with van der Waals surface area (Å²) in [5, 5.41) is 0. The van der Waals surface area contributed by atoms with Crippen LogP contribution in [0.1, 0.15) is 12.8 Å². The zero-order valence-corrected chi connectivity index (χ0v) is 11.0. The van der Waals surface area contributed by atoms with E-state index in [-0.39, 0.29) is 0 Å². The van der Waals surface area contributed by atoms with Crippen LogP contribution >= 0.6 is 0 Å². The maximum absolute atomic E-state index is 5.78. The van der Waals surface area contributed by atoms with Crippen LogP contribution in [0.5, 0.6) is 0 Å². The Morgan fingerprint density at radius 1 is 1.33 bits per heavy atom. The van der Waals surface area contributed by atoms with Gasteiger partial charge in [-0.3, -0.25) is 4.90 Å². The highest BCUT2D eigenvalue weighted by Crippen LogP contribution is 2.18. The van der Waals surface area contributed by atoms with Crippen LogP contribution in [0.4, 0.5) is 0 Å². The van der Waals surface area contributed by atoms with Gasteiger partial charge in [0.1, 0.15) is 5.52 Å². The second kappa shape index (κ2) is 4.71. The number of hydrogen-bond donors (Lipinski definition) is 0. The van der Waals surface area contributed by atoms with Gasteiger partial charge in [-0.05, 0) is 26.1 Å². The Labute approximate surface area is 107 Å². The molecular weight excluding hydrogens is 226 g/mol. The molecule has 1 aromatic carbocycles. The van der Waals surface area contributed by atoms with E-state index in [0.717, 1.165) is 43.2 Å². The summed E-state index contributed by atoms with van der Waals surface area (Å²) in [6, 6.07) is 8.50. The van der Waals surface area contributed by atoms with E-state index >= 15 is 0 Å². The summed E-state index contributed by atoms with van der Waals surface area (Å²) in [5.41, 5.74) is 1.84. The van der Waals surface area contributed by atoms with Crippen LogP contribution in [0.25, 0.3) is 11.1 Å². The Balaban J connectivity index is 1.75. The molecule has 0 unspecified atom stereocenters. The van der Waals surface area contributed by atoms with Crippen molar-refractivity contribution < 1.29 is 4.42 Å². The minimum absolute atomic E-state index is 0.554. The maximum atomic E-state index is 5.78. The quantitative estimate of drug-likeness (QED) is 0.809. The molecule has 0 spiro atoms. The fourth-order valence-electron chi connectivity index (χ4n) is 2.57. The fourth-order valence-corrected chi connectivity index (χ4v) is 2.57. The molecule has 1 fully saturated rings. The molecule has 1 aliphatic rings. The van der Waals surface area contributed by atoms with Crippen LogP contribution in [0.15, 0.2) is 28.7 Å². The van der Waals surface area contributed by atoms with Gasteiger partial charge < -0.3 is 9.32 Å². The lowest BCUT2D eigenvalue weighted by atomic mass is 10.2. The van der Waals surface area contributed by atoms with E-state index in [1.165, 1.54) is 0 Å². The number of rotatable bonds is 2. The topological polar surface area (TPSA) is 32.5 Å². The summed E-state index contributed by atoms with van der Waals surface area (Å²) in [5.74, 6) is 0.826. The van der Waals surface area contributed by atoms with Gasteiger partial charge in [-0.25, -0.2) is 4.98 Å². The summed E-state index contributed by atoms with van der Waals surface area (Å²) in [6.07, 6.45) is 0. The van der Waals surface area contributed by atoms with Crippen molar-refractivity contribution >= 4 is 11.1 Å². The Morgan fingerprint density at radius 2 is 2.17 bits per heavy atom. The molecule has 0 saturated carbocycles. The number of benzene rings is 1. The zero-order valence-electron chi connectivity index (χ0n) is 11.0. The highest BCUT2D eigenvalue weighted by atomic mass is 16.3. The molecule has 1 aromatic heterocycles. The summed E-state index contributed by atoms with van der Waals surface area (Å²) in [4.78, 5) is 9.34. The standard InChI is InChI=1S/C14H19N3O/c1-11-9-16(2)7-8-17(11)10-14-15-12-5-3-4-6-13(12)18-14/h3-6,11H,7-10H2,1-2H3/t11-/m0/s1. The lowest BCUT2D eigenvalue weighted by Crippen LogP contribution is -2.49. The molecular formula is C14H19N3O. The molecule has 4 heteroatoms. The minimum Gasteiger partial charge on any atom is -0.439 e. The van der Waals surface area contributed by atoms with E-state index < -0.39 is 0 Å². The van der Waals surface area contributed by atoms with E-state index in [1.54, 1.807) is 0 Å². The summed E-state index contributed by atoms with van der Waals surface area (Å²) < 4.78 is 5.78. The van der Waals surface area contributed by atoms with E-state index in [1.807, 2.05) is 24.3 Å². The number of nitrogens with zero attached hydrogens (tertiary/aromatic N) is 3. The van der Waals surface area contributed by atoms with Gasteiger partial charge in [0.05, 0.1) is 6.54 Å². The van der Waals surface area contributed by atoms with E-state index in [0.29, 0.717) is 6.04 Å². The van der Waals surface area contributed by atoms with Crippen LogP contribution < -0.4 is 0 Å². The van der Waals surface area contributed by atoms with E-state index in [9.17, 15) is 0 Å². The number of aromatic nitrogens is 1. The van der Waals surface area contributed by atoms with Gasteiger partial charge in [-0.1, -0.05) is 12.1 Å². The first kappa shape index (κ1) is 11.7. The molecule has 1 atom stereocenters. The van der Waals surface area contributed by atoms with Crippen LogP contribution in [0, 0.1) is 0 Å². The normalized spacial score (nSPS) is 22.7. The maximum Gasteiger partial charge on any atom is 0.209 e. The summed E-state index contributed by atoms with van der Waals surface area (Å²) in [6.45, 7) is 6.38. The zero-order chi connectivity index (χ0) is 12.5. The van der Waals surface area contributed by atoms with Crippen molar-refractivity contribution in [3.63, 3.8) is 0 Å². The largest absolute Gasteiger partial charge is 0.439 e. The minimum atomic E-state index is 0.554. The molecule has 3 rings (SSSR count). The third-order valence-electron chi connectivity index (χ3n) is 3.64. The first-order chi connectivity index (χ1) is 8.72. The van der Waals surface area contributed by atoms with Gasteiger partial charge in [0.15, 0.2) is 5.58 Å². The number of likely N-dealkylation sites (N-methyl/N-ethyl adjacent to an activating group) is 1. The Morgan fingerprint density at radius 3 is 2.94 bits per heavy atom. The third kappa shape index (κ3) is 2.26. The van der Waals surface area contributed by atoms with Crippen LogP contribution in [-0.4, -0.2) is 47.5 Å². The van der Waals surface area contributed by atoms with Gasteiger partial charge in [0.25, 0.3) is 0 Å². The van der Waals surface area contributed by atoms with Crippen LogP contribution in [0.2, 0.25) is 0 Å². The number of oxazole rings is 1. The van der Waals surface area contributed by atoms with Gasteiger partial charge in [-0.2, -0.15) is 0 Å². The molecule has 0 aliphatic carbocycles. The Bertz CT molecular complexity index is 504. The monoisotopic (exact) mass is 245 g/mol. The fraction of sp³-hybridized carbons (Fsp3) is 0.500. The number of fused-ring (bicyclic) bond motifs is 1. The van der Waals surface area contributed by atoms with Gasteiger partial charge in [0, 0.05) is 25.7 Å². The predicted octanol–water partition coefficient (Wildman–Crippen LogP) is 1.96. The Hall–Kier alpha value is -1.39. The molecule has 1 aliphatic heterocycles. The van der Waals surface area contributed by atoms with Crippen molar-refractivity contribution in [3.8, 4) is 0 Å². The lowest BCUT2D eigenvalue weighted by Gasteiger charge is -2.37. The molecule has 2 heterocycles. The molecule has 96 valence electrons. The first-order valence-corrected chi connectivity index (χ1v) is 6.49. The summed E-state index contributed by atoms with van der Waals surface area (Å²) in [7, 11) is 2.17. The number of hydrogen-bond acceptors (Lipinski definition) is 4. The second-order valence-electron chi connectivity index (χ2n) is 5.16. The number of piperazine rings is 1. The molecule has 0 amide bonds. The molecule has 4 nitrogen and oxygen atoms in total. The first-order valence-electron chi connectivity index (χ1n) is 6.49. The molecule has 1 saturated heterocycles. The van der Waals surface area contributed by atoms with E-state index in [4.69, 9.17) is 4.42 Å². The average Bonchev–Trinajstić information content (AvgIpc) is 2.75. The van der Waals surface area contributed by atoms with Gasteiger partial charge in [-0.15, -0.1) is 0 Å². The van der Waals surface area contributed by atoms with E-state index in [2.05, 4.69) is 28.8 Å². The van der Waals surface area contributed by atoms with Crippen molar-refractivity contribution in [3.05, 3.63) is 30.2 Å². The predicted molar refractivity (Wildman–Crippen MR) is 71.4 cm³/mol. The molecule has 0 radical (unpaired) electrons. The van der Waals surface area contributed by atoms with Crippen molar-refractivity contribution in [1.29, 1.82) is 0 Å². The second-order valence-corrected chi connectivity index (χ2v) is 5.16. The van der Waals surface area contributed by atoms with Crippen molar-refractivity contribution in [2.75, 3.05) is 26.7 Å². The Kier molecular flexibility index (Phi) is 3.06. The summed E-state index contributed by atoms with van der Waals surface area (Å²) >= 11 is 0. The van der Waals surface area contributed by atoms with Crippen molar-refractivity contribution in [2.45, 2.75) is 19.5 Å². The highest BCUT2D eigenvalue weighted by molar-refractivity contribution is 5.72. The van der Waals surface area contributed by atoms with Gasteiger partial charge in [0.2, 0.25) is 5.89 Å². The highest BCUT2D eigenvalue weighted by Gasteiger charge is 2.22. The van der Waals surface area contributed by atoms with Crippen LogP contribution in [-0.2, 0) is 6.54 Å². The SMILES string of the molecule is C[C@H]1CN(C)CCN1Cc1nc2ccccc2o1. The van der Waals surface area contributed by atoms with Crippen molar-refractivity contribution in [2.24, 2.45) is 0 Å². The average molecular weight is 245 g/mol. The van der Waals surface area contributed by atoms with Gasteiger partial charge >= 0.3 is 0 Å². The smallest absolute Gasteiger partial charge is 0.209 e. The molecule has 0 N–H and O–H groups in total. The number of para-hydroxylation sites is 2.